The average molecular weight is 346 g/mol. The van der Waals surface area contributed by atoms with Gasteiger partial charge in [0.15, 0.2) is 4.77 Å². The van der Waals surface area contributed by atoms with E-state index in [2.05, 4.69) is 41.5 Å². The molecule has 0 atom stereocenters. The van der Waals surface area contributed by atoms with Crippen molar-refractivity contribution in [1.82, 2.24) is 20.1 Å². The van der Waals surface area contributed by atoms with Crippen LogP contribution in [0, 0.1) is 10.7 Å². The number of aromatic nitrogens is 3. The first-order chi connectivity index (χ1) is 11.5. The van der Waals surface area contributed by atoms with Crippen LogP contribution in [0.25, 0.3) is 0 Å². The summed E-state index contributed by atoms with van der Waals surface area (Å²) in [5.74, 6) is 1.55. The summed E-state index contributed by atoms with van der Waals surface area (Å²) < 4.78 is 2.56. The molecule has 1 heterocycles. The Hall–Kier alpha value is -1.95. The van der Waals surface area contributed by atoms with Crippen molar-refractivity contribution in [3.8, 4) is 0 Å². The SMILES string of the molecule is CCn1c(CCNC(=O)Cc2ccc(CC(C)C)cc2)n[nH]c1=S. The fourth-order valence-electron chi connectivity index (χ4n) is 2.69. The van der Waals surface area contributed by atoms with Crippen LogP contribution in [-0.2, 0) is 30.6 Å². The van der Waals surface area contributed by atoms with E-state index >= 15 is 0 Å². The number of nitrogens with one attached hydrogen (secondary N) is 2. The van der Waals surface area contributed by atoms with Crippen LogP contribution < -0.4 is 5.32 Å². The summed E-state index contributed by atoms with van der Waals surface area (Å²) in [4.78, 5) is 12.1. The van der Waals surface area contributed by atoms with Crippen LogP contribution in [0.4, 0.5) is 0 Å². The lowest BCUT2D eigenvalue weighted by atomic mass is 10.0. The van der Waals surface area contributed by atoms with Gasteiger partial charge in [-0.1, -0.05) is 38.1 Å². The van der Waals surface area contributed by atoms with Crippen molar-refractivity contribution in [1.29, 1.82) is 0 Å². The Balaban J connectivity index is 1.79. The third-order valence-corrected chi connectivity index (χ3v) is 4.17. The van der Waals surface area contributed by atoms with Crippen LogP contribution in [0.5, 0.6) is 0 Å². The molecule has 0 saturated carbocycles. The zero-order valence-electron chi connectivity index (χ0n) is 14.6. The van der Waals surface area contributed by atoms with Crippen molar-refractivity contribution >= 4 is 18.1 Å². The third kappa shape index (κ3) is 5.30. The molecule has 1 amide bonds. The molecule has 6 heteroatoms. The number of carbonyl (C=O) groups is 1. The molecule has 2 aromatic rings. The first kappa shape index (κ1) is 18.4. The van der Waals surface area contributed by atoms with E-state index in [1.165, 1.54) is 5.56 Å². The summed E-state index contributed by atoms with van der Waals surface area (Å²) >= 11 is 5.15. The van der Waals surface area contributed by atoms with Gasteiger partial charge in [0.25, 0.3) is 0 Å². The molecule has 2 N–H and O–H groups in total. The van der Waals surface area contributed by atoms with E-state index in [1.54, 1.807) is 0 Å². The van der Waals surface area contributed by atoms with Gasteiger partial charge in [0.1, 0.15) is 5.82 Å². The summed E-state index contributed by atoms with van der Waals surface area (Å²) in [6.45, 7) is 7.78. The topological polar surface area (TPSA) is 62.7 Å². The van der Waals surface area contributed by atoms with E-state index in [-0.39, 0.29) is 5.91 Å². The number of hydrogen-bond donors (Lipinski definition) is 2. The monoisotopic (exact) mass is 346 g/mol. The highest BCUT2D eigenvalue weighted by molar-refractivity contribution is 7.71. The highest BCUT2D eigenvalue weighted by Crippen LogP contribution is 2.10. The normalized spacial score (nSPS) is 11.0. The lowest BCUT2D eigenvalue weighted by Gasteiger charge is -2.08. The fourth-order valence-corrected chi connectivity index (χ4v) is 2.97. The summed E-state index contributed by atoms with van der Waals surface area (Å²) in [5, 5.41) is 9.93. The van der Waals surface area contributed by atoms with Crippen LogP contribution in [-0.4, -0.2) is 27.2 Å². The smallest absolute Gasteiger partial charge is 0.224 e. The minimum absolute atomic E-state index is 0.0313. The number of hydrogen-bond acceptors (Lipinski definition) is 3. The van der Waals surface area contributed by atoms with Crippen LogP contribution >= 0.6 is 12.2 Å². The molecule has 0 aliphatic heterocycles. The molecular formula is C18H26N4OS. The van der Waals surface area contributed by atoms with Crippen molar-refractivity contribution < 1.29 is 4.79 Å². The molecule has 0 fully saturated rings. The molecule has 0 unspecified atom stereocenters. The van der Waals surface area contributed by atoms with Gasteiger partial charge in [-0.05, 0) is 42.6 Å². The number of aromatic amines is 1. The van der Waals surface area contributed by atoms with E-state index in [1.807, 2.05) is 23.6 Å². The van der Waals surface area contributed by atoms with Gasteiger partial charge in [-0.15, -0.1) is 0 Å². The number of carbonyl (C=O) groups excluding carboxylic acids is 1. The molecule has 1 aromatic carbocycles. The largest absolute Gasteiger partial charge is 0.355 e. The number of rotatable bonds is 8. The molecule has 2 rings (SSSR count). The zero-order valence-corrected chi connectivity index (χ0v) is 15.4. The van der Waals surface area contributed by atoms with Gasteiger partial charge >= 0.3 is 0 Å². The average Bonchev–Trinajstić information content (AvgIpc) is 2.89. The summed E-state index contributed by atoms with van der Waals surface area (Å²) in [6, 6.07) is 8.31. The van der Waals surface area contributed by atoms with Crippen molar-refractivity contribution in [2.75, 3.05) is 6.54 Å². The van der Waals surface area contributed by atoms with Gasteiger partial charge in [0, 0.05) is 19.5 Å². The van der Waals surface area contributed by atoms with Crippen molar-refractivity contribution in [2.24, 2.45) is 5.92 Å². The van der Waals surface area contributed by atoms with Crippen LogP contribution in [0.15, 0.2) is 24.3 Å². The van der Waals surface area contributed by atoms with Gasteiger partial charge in [0.2, 0.25) is 5.91 Å². The third-order valence-electron chi connectivity index (χ3n) is 3.86. The maximum absolute atomic E-state index is 12.1. The molecule has 0 aliphatic rings. The lowest BCUT2D eigenvalue weighted by molar-refractivity contribution is -0.120. The zero-order chi connectivity index (χ0) is 17.5. The quantitative estimate of drug-likeness (QED) is 0.722. The maximum Gasteiger partial charge on any atom is 0.224 e. The van der Waals surface area contributed by atoms with E-state index in [9.17, 15) is 4.79 Å². The molecule has 24 heavy (non-hydrogen) atoms. The van der Waals surface area contributed by atoms with Crippen molar-refractivity contribution in [3.63, 3.8) is 0 Å². The van der Waals surface area contributed by atoms with Gasteiger partial charge in [-0.3, -0.25) is 9.89 Å². The van der Waals surface area contributed by atoms with E-state index in [0.29, 0.717) is 30.1 Å². The first-order valence-electron chi connectivity index (χ1n) is 8.48. The summed E-state index contributed by atoms with van der Waals surface area (Å²) in [6.07, 6.45) is 2.14. The molecular weight excluding hydrogens is 320 g/mol. The maximum atomic E-state index is 12.1. The Morgan fingerprint density at radius 1 is 1.29 bits per heavy atom. The Kier molecular flexibility index (Phi) is 6.73. The molecule has 0 saturated heterocycles. The van der Waals surface area contributed by atoms with Crippen LogP contribution in [0.2, 0.25) is 0 Å². The Morgan fingerprint density at radius 3 is 2.58 bits per heavy atom. The predicted octanol–water partition coefficient (Wildman–Crippen LogP) is 3.06. The Bertz CT molecular complexity index is 715. The second-order valence-electron chi connectivity index (χ2n) is 6.38. The standard InChI is InChI=1S/C18H26N4OS/c1-4-22-16(20-21-18(22)24)9-10-19-17(23)12-15-7-5-14(6-8-15)11-13(2)3/h5-8,13H,4,9-12H2,1-3H3,(H,19,23)(H,21,24). The number of H-pyrrole nitrogens is 1. The minimum Gasteiger partial charge on any atom is -0.355 e. The van der Waals surface area contributed by atoms with Gasteiger partial charge < -0.3 is 9.88 Å². The van der Waals surface area contributed by atoms with Crippen molar-refractivity contribution in [2.45, 2.75) is 46.6 Å². The fraction of sp³-hybridized carbons (Fsp3) is 0.500. The van der Waals surface area contributed by atoms with Gasteiger partial charge in [0.05, 0.1) is 6.42 Å². The second-order valence-corrected chi connectivity index (χ2v) is 6.77. The summed E-state index contributed by atoms with van der Waals surface area (Å²) in [7, 11) is 0. The lowest BCUT2D eigenvalue weighted by Crippen LogP contribution is -2.28. The van der Waals surface area contributed by atoms with Gasteiger partial charge in [-0.25, -0.2) is 0 Å². The van der Waals surface area contributed by atoms with E-state index in [0.717, 1.165) is 24.4 Å². The Morgan fingerprint density at radius 2 is 1.96 bits per heavy atom. The molecule has 0 aliphatic carbocycles. The molecule has 1 aromatic heterocycles. The molecule has 5 nitrogen and oxygen atoms in total. The summed E-state index contributed by atoms with van der Waals surface area (Å²) in [5.41, 5.74) is 2.35. The number of benzene rings is 1. The van der Waals surface area contributed by atoms with Crippen LogP contribution in [0.3, 0.4) is 0 Å². The van der Waals surface area contributed by atoms with Crippen LogP contribution in [0.1, 0.15) is 37.7 Å². The highest BCUT2D eigenvalue weighted by Gasteiger charge is 2.07. The number of amides is 1. The van der Waals surface area contributed by atoms with Crippen molar-refractivity contribution in [3.05, 3.63) is 46.0 Å². The number of nitrogens with zero attached hydrogens (tertiary/aromatic N) is 2. The molecule has 0 bridgehead atoms. The second kappa shape index (κ2) is 8.78. The first-order valence-corrected chi connectivity index (χ1v) is 8.89. The Labute approximate surface area is 148 Å². The minimum atomic E-state index is 0.0313. The van der Waals surface area contributed by atoms with E-state index in [4.69, 9.17) is 12.2 Å². The van der Waals surface area contributed by atoms with Gasteiger partial charge in [-0.2, -0.15) is 5.10 Å². The molecule has 130 valence electrons. The molecule has 0 spiro atoms. The predicted molar refractivity (Wildman–Crippen MR) is 98.5 cm³/mol. The van der Waals surface area contributed by atoms with E-state index < -0.39 is 0 Å². The highest BCUT2D eigenvalue weighted by atomic mass is 32.1. The molecule has 0 radical (unpaired) electrons.